The van der Waals surface area contributed by atoms with Crippen molar-refractivity contribution in [2.24, 2.45) is 0 Å². The highest BCUT2D eigenvalue weighted by Gasteiger charge is 2.16. The van der Waals surface area contributed by atoms with Gasteiger partial charge < -0.3 is 15.5 Å². The first-order chi connectivity index (χ1) is 14.6. The van der Waals surface area contributed by atoms with Gasteiger partial charge in [0.2, 0.25) is 5.91 Å². The summed E-state index contributed by atoms with van der Waals surface area (Å²) >= 11 is 0. The third-order valence-corrected chi connectivity index (χ3v) is 4.16. The normalized spacial score (nSPS) is 13.7. The fourth-order valence-corrected chi connectivity index (χ4v) is 2.46. The number of carboxylic acids is 1. The number of aliphatic hydroxyl groups is 1. The van der Waals surface area contributed by atoms with Gasteiger partial charge in [-0.1, -0.05) is 112 Å². The summed E-state index contributed by atoms with van der Waals surface area (Å²) in [5, 5.41) is 19.7. The minimum atomic E-state index is -1.29. The van der Waals surface area contributed by atoms with E-state index in [1.807, 2.05) is 36.5 Å². The molecule has 5 heteroatoms. The molecule has 0 bridgehead atoms. The summed E-state index contributed by atoms with van der Waals surface area (Å²) < 4.78 is 0. The van der Waals surface area contributed by atoms with Gasteiger partial charge in [-0.3, -0.25) is 4.79 Å². The monoisotopic (exact) mass is 415 g/mol. The van der Waals surface area contributed by atoms with Crippen LogP contribution in [0.5, 0.6) is 0 Å². The van der Waals surface area contributed by atoms with E-state index in [1.54, 1.807) is 12.2 Å². The van der Waals surface area contributed by atoms with E-state index in [0.717, 1.165) is 6.42 Å². The van der Waals surface area contributed by atoms with Gasteiger partial charge in [0.25, 0.3) is 0 Å². The Morgan fingerprint density at radius 1 is 0.767 bits per heavy atom. The van der Waals surface area contributed by atoms with Crippen molar-refractivity contribution < 1.29 is 19.8 Å². The van der Waals surface area contributed by atoms with Crippen molar-refractivity contribution in [1.29, 1.82) is 0 Å². The number of carboxylic acid groups (broad SMARTS) is 1. The predicted molar refractivity (Wildman–Crippen MR) is 124 cm³/mol. The third kappa shape index (κ3) is 18.7. The minimum absolute atomic E-state index is 0.574. The summed E-state index contributed by atoms with van der Waals surface area (Å²) in [5.74, 6) is -1.85. The molecule has 1 atom stereocenters. The molecule has 0 rings (SSSR count). The lowest BCUT2D eigenvalue weighted by atomic mass is 10.1. The van der Waals surface area contributed by atoms with Crippen LogP contribution < -0.4 is 5.32 Å². The topological polar surface area (TPSA) is 86.6 Å². The van der Waals surface area contributed by atoms with Crippen molar-refractivity contribution in [3.05, 3.63) is 72.9 Å². The lowest BCUT2D eigenvalue weighted by Crippen LogP contribution is -2.42. The molecule has 0 radical (unpaired) electrons. The predicted octanol–water partition coefficient (Wildman–Crippen LogP) is 5.03. The number of carbonyl (C=O) groups is 2. The first-order valence-electron chi connectivity index (χ1n) is 10.8. The second-order valence-electron chi connectivity index (χ2n) is 6.82. The fraction of sp³-hybridized carbons (Fsp3) is 0.440. The fourth-order valence-electron chi connectivity index (χ4n) is 2.46. The molecule has 0 saturated heterocycles. The average Bonchev–Trinajstić information content (AvgIpc) is 2.73. The maximum absolute atomic E-state index is 11.5. The summed E-state index contributed by atoms with van der Waals surface area (Å²) in [6.07, 6.45) is 32.4. The van der Waals surface area contributed by atoms with Crippen LogP contribution in [0.2, 0.25) is 0 Å². The number of hydrogen-bond donors (Lipinski definition) is 3. The summed E-state index contributed by atoms with van der Waals surface area (Å²) in [6, 6.07) is -1.29. The van der Waals surface area contributed by atoms with Crippen molar-refractivity contribution in [3.8, 4) is 0 Å². The summed E-state index contributed by atoms with van der Waals surface area (Å²) in [7, 11) is 0. The number of amides is 1. The molecule has 0 saturated carbocycles. The minimum Gasteiger partial charge on any atom is -0.480 e. The van der Waals surface area contributed by atoms with Crippen LogP contribution in [0.1, 0.15) is 58.3 Å². The van der Waals surface area contributed by atoms with Crippen LogP contribution in [0.3, 0.4) is 0 Å². The Morgan fingerprint density at radius 2 is 1.27 bits per heavy atom. The number of aliphatic carboxylic acids is 1. The Kier molecular flexibility index (Phi) is 19.2. The Bertz CT molecular complexity index is 627. The third-order valence-electron chi connectivity index (χ3n) is 4.16. The number of rotatable bonds is 17. The molecular weight excluding hydrogens is 378 g/mol. The number of allylic oxidation sites excluding steroid dienone is 11. The van der Waals surface area contributed by atoms with Crippen LogP contribution in [-0.2, 0) is 9.59 Å². The Balaban J connectivity index is 3.84. The van der Waals surface area contributed by atoms with Crippen molar-refractivity contribution in [3.63, 3.8) is 0 Å². The van der Waals surface area contributed by atoms with Crippen LogP contribution >= 0.6 is 0 Å². The van der Waals surface area contributed by atoms with E-state index in [4.69, 9.17) is 10.2 Å². The van der Waals surface area contributed by atoms with Crippen LogP contribution in [0.25, 0.3) is 0 Å². The number of unbranched alkanes of at least 4 members (excludes halogenated alkanes) is 7. The van der Waals surface area contributed by atoms with Gasteiger partial charge in [-0.25, -0.2) is 4.79 Å². The lowest BCUT2D eigenvalue weighted by Gasteiger charge is -2.08. The highest BCUT2D eigenvalue weighted by molar-refractivity contribution is 5.91. The maximum atomic E-state index is 11.5. The molecule has 0 aromatic rings. The molecule has 0 heterocycles. The van der Waals surface area contributed by atoms with Crippen LogP contribution in [-0.4, -0.2) is 34.7 Å². The molecule has 1 amide bonds. The average molecular weight is 416 g/mol. The first kappa shape index (κ1) is 27.3. The number of nitrogens with one attached hydrogen (secondary N) is 1. The molecule has 0 aliphatic carbocycles. The van der Waals surface area contributed by atoms with E-state index in [-0.39, 0.29) is 0 Å². The summed E-state index contributed by atoms with van der Waals surface area (Å²) in [4.78, 5) is 22.1. The molecular formula is C25H37NO4. The molecule has 5 nitrogen and oxygen atoms in total. The Hall–Kier alpha value is -2.66. The van der Waals surface area contributed by atoms with Gasteiger partial charge in [-0.15, -0.1) is 0 Å². The van der Waals surface area contributed by atoms with Crippen molar-refractivity contribution >= 4 is 11.9 Å². The van der Waals surface area contributed by atoms with Gasteiger partial charge in [0, 0.05) is 6.08 Å². The number of carbonyl (C=O) groups excluding carboxylic acids is 1. The quantitative estimate of drug-likeness (QED) is 0.177. The number of aliphatic hydroxyl groups excluding tert-OH is 1. The van der Waals surface area contributed by atoms with Crippen molar-refractivity contribution in [2.45, 2.75) is 64.3 Å². The zero-order chi connectivity index (χ0) is 22.3. The molecule has 0 aliphatic rings. The van der Waals surface area contributed by atoms with Gasteiger partial charge >= 0.3 is 5.97 Å². The van der Waals surface area contributed by atoms with Gasteiger partial charge in [-0.2, -0.15) is 0 Å². The van der Waals surface area contributed by atoms with Gasteiger partial charge in [0.15, 0.2) is 6.04 Å². The van der Waals surface area contributed by atoms with E-state index < -0.39 is 24.5 Å². The van der Waals surface area contributed by atoms with Crippen LogP contribution in [0, 0.1) is 0 Å². The summed E-state index contributed by atoms with van der Waals surface area (Å²) in [6.45, 7) is 1.59. The largest absolute Gasteiger partial charge is 0.480 e. The van der Waals surface area contributed by atoms with Crippen LogP contribution in [0.15, 0.2) is 72.9 Å². The molecule has 0 unspecified atom stereocenters. The molecule has 166 valence electrons. The molecule has 0 fully saturated rings. The molecule has 0 aromatic heterocycles. The van der Waals surface area contributed by atoms with Crippen molar-refractivity contribution in [1.82, 2.24) is 5.32 Å². The zero-order valence-electron chi connectivity index (χ0n) is 18.1. The molecule has 0 aromatic carbocycles. The zero-order valence-corrected chi connectivity index (χ0v) is 18.1. The number of hydrogen-bond acceptors (Lipinski definition) is 3. The second kappa shape index (κ2) is 21.1. The Morgan fingerprint density at radius 3 is 1.80 bits per heavy atom. The van der Waals surface area contributed by atoms with Gasteiger partial charge in [0.05, 0.1) is 6.61 Å². The molecule has 30 heavy (non-hydrogen) atoms. The van der Waals surface area contributed by atoms with E-state index in [2.05, 4.69) is 24.4 Å². The van der Waals surface area contributed by atoms with E-state index in [9.17, 15) is 9.59 Å². The Labute approximate surface area is 181 Å². The van der Waals surface area contributed by atoms with Gasteiger partial charge in [0.1, 0.15) is 0 Å². The first-order valence-corrected chi connectivity index (χ1v) is 10.8. The van der Waals surface area contributed by atoms with E-state index in [0.29, 0.717) is 0 Å². The van der Waals surface area contributed by atoms with Crippen LogP contribution in [0.4, 0.5) is 0 Å². The van der Waals surface area contributed by atoms with E-state index in [1.165, 1.54) is 57.1 Å². The standard InChI is InChI=1S/C25H37NO4/c1-2-3-4-5-6-7-8-9-10-11-12-13-14-15-16-17-18-19-20-21-24(28)26-23(22-27)25(29)30/h10-21,23,27H,2-9,22H2,1H3,(H,26,28)(H,29,30)/t23-/m0/s1. The van der Waals surface area contributed by atoms with Crippen molar-refractivity contribution in [2.75, 3.05) is 6.61 Å². The SMILES string of the molecule is CCCCCCCCCC=CC=CC=CC=CC=CC=CC(=O)N[C@@H](CO)C(=O)O. The summed E-state index contributed by atoms with van der Waals surface area (Å²) in [5.41, 5.74) is 0. The lowest BCUT2D eigenvalue weighted by molar-refractivity contribution is -0.142. The van der Waals surface area contributed by atoms with Gasteiger partial charge in [-0.05, 0) is 12.8 Å². The highest BCUT2D eigenvalue weighted by atomic mass is 16.4. The molecule has 0 spiro atoms. The molecule has 3 N–H and O–H groups in total. The second-order valence-corrected chi connectivity index (χ2v) is 6.82. The highest BCUT2D eigenvalue weighted by Crippen LogP contribution is 2.08. The maximum Gasteiger partial charge on any atom is 0.328 e. The smallest absolute Gasteiger partial charge is 0.328 e. The van der Waals surface area contributed by atoms with E-state index >= 15 is 0 Å². The molecule has 0 aliphatic heterocycles.